The molecule has 1 rings (SSSR count). The maximum atomic E-state index is 11.8. The average Bonchev–Trinajstić information content (AvgIpc) is 2.34. The molecule has 0 aromatic heterocycles. The van der Waals surface area contributed by atoms with Crippen molar-refractivity contribution in [1.29, 1.82) is 0 Å². The van der Waals surface area contributed by atoms with Crippen molar-refractivity contribution in [2.24, 2.45) is 0 Å². The van der Waals surface area contributed by atoms with E-state index in [-0.39, 0.29) is 11.5 Å². The van der Waals surface area contributed by atoms with Crippen LogP contribution >= 0.6 is 0 Å². The highest BCUT2D eigenvalue weighted by Gasteiger charge is 2.13. The summed E-state index contributed by atoms with van der Waals surface area (Å²) in [4.78, 5) is 0.225. The lowest BCUT2D eigenvalue weighted by Gasteiger charge is -2.06. The standard InChI is InChI=1S/C13H21NO3S/c1-12-6-8-13(9-7-12)18(15,16)17-11-5-3-4-10-14-2/h6-9,14H,3-5,10-11H2,1-2H3. The molecule has 0 saturated heterocycles. The molecule has 1 N–H and O–H groups in total. The van der Waals surface area contributed by atoms with Crippen molar-refractivity contribution in [2.45, 2.75) is 31.1 Å². The molecule has 1 aromatic rings. The van der Waals surface area contributed by atoms with Gasteiger partial charge in [-0.3, -0.25) is 4.18 Å². The van der Waals surface area contributed by atoms with Gasteiger partial charge >= 0.3 is 0 Å². The third-order valence-corrected chi connectivity index (χ3v) is 3.95. The third-order valence-electron chi connectivity index (χ3n) is 2.62. The van der Waals surface area contributed by atoms with Gasteiger partial charge in [0.25, 0.3) is 10.1 Å². The molecular weight excluding hydrogens is 250 g/mol. The molecule has 0 aliphatic carbocycles. The monoisotopic (exact) mass is 271 g/mol. The van der Waals surface area contributed by atoms with Gasteiger partial charge in [0.05, 0.1) is 11.5 Å². The molecule has 0 amide bonds. The molecule has 0 aliphatic rings. The minimum absolute atomic E-state index is 0.225. The summed E-state index contributed by atoms with van der Waals surface area (Å²) in [5, 5.41) is 3.05. The fraction of sp³-hybridized carbons (Fsp3) is 0.538. The largest absolute Gasteiger partial charge is 0.320 e. The minimum atomic E-state index is -3.59. The predicted molar refractivity (Wildman–Crippen MR) is 72.1 cm³/mol. The van der Waals surface area contributed by atoms with Gasteiger partial charge in [-0.1, -0.05) is 17.7 Å². The van der Waals surface area contributed by atoms with Crippen LogP contribution in [0.2, 0.25) is 0 Å². The van der Waals surface area contributed by atoms with Crippen LogP contribution in [0.3, 0.4) is 0 Å². The van der Waals surface area contributed by atoms with Crippen molar-refractivity contribution in [3.63, 3.8) is 0 Å². The summed E-state index contributed by atoms with van der Waals surface area (Å²) in [5.41, 5.74) is 1.03. The van der Waals surface area contributed by atoms with Crippen LogP contribution in [-0.2, 0) is 14.3 Å². The highest BCUT2D eigenvalue weighted by atomic mass is 32.2. The molecule has 18 heavy (non-hydrogen) atoms. The van der Waals surface area contributed by atoms with Crippen LogP contribution in [0.4, 0.5) is 0 Å². The number of nitrogens with one attached hydrogen (secondary N) is 1. The van der Waals surface area contributed by atoms with E-state index in [0.29, 0.717) is 0 Å². The molecular formula is C13H21NO3S. The normalized spacial score (nSPS) is 11.7. The van der Waals surface area contributed by atoms with Crippen LogP contribution in [0.25, 0.3) is 0 Å². The second-order valence-corrected chi connectivity index (χ2v) is 5.87. The van der Waals surface area contributed by atoms with E-state index in [1.807, 2.05) is 14.0 Å². The minimum Gasteiger partial charge on any atom is -0.320 e. The fourth-order valence-corrected chi connectivity index (χ4v) is 2.46. The lowest BCUT2D eigenvalue weighted by molar-refractivity contribution is 0.307. The second-order valence-electron chi connectivity index (χ2n) is 4.25. The molecule has 1 aromatic carbocycles. The summed E-state index contributed by atoms with van der Waals surface area (Å²) < 4.78 is 28.6. The Bertz CT molecular complexity index is 440. The van der Waals surface area contributed by atoms with Crippen LogP contribution in [0.1, 0.15) is 24.8 Å². The molecule has 0 saturated carbocycles. The van der Waals surface area contributed by atoms with E-state index in [1.165, 1.54) is 0 Å². The summed E-state index contributed by atoms with van der Waals surface area (Å²) in [5.74, 6) is 0. The number of benzene rings is 1. The van der Waals surface area contributed by atoms with Crippen molar-refractivity contribution in [3.05, 3.63) is 29.8 Å². The molecule has 102 valence electrons. The van der Waals surface area contributed by atoms with Gasteiger partial charge in [0, 0.05) is 0 Å². The smallest absolute Gasteiger partial charge is 0.296 e. The van der Waals surface area contributed by atoms with Gasteiger partial charge in [-0.05, 0) is 51.9 Å². The van der Waals surface area contributed by atoms with E-state index in [1.54, 1.807) is 24.3 Å². The van der Waals surface area contributed by atoms with E-state index < -0.39 is 10.1 Å². The first kappa shape index (κ1) is 15.1. The Labute approximate surface area is 109 Å². The second kappa shape index (κ2) is 7.51. The molecule has 0 unspecified atom stereocenters. The lowest BCUT2D eigenvalue weighted by Crippen LogP contribution is -2.09. The molecule has 0 bridgehead atoms. The molecule has 0 spiro atoms. The Balaban J connectivity index is 2.38. The first-order chi connectivity index (χ1) is 8.56. The van der Waals surface area contributed by atoms with Crippen molar-refractivity contribution in [2.75, 3.05) is 20.2 Å². The van der Waals surface area contributed by atoms with Crippen LogP contribution in [0.15, 0.2) is 29.2 Å². The fourth-order valence-electron chi connectivity index (χ4n) is 1.52. The lowest BCUT2D eigenvalue weighted by atomic mass is 10.2. The van der Waals surface area contributed by atoms with E-state index >= 15 is 0 Å². The van der Waals surface area contributed by atoms with E-state index in [4.69, 9.17) is 4.18 Å². The molecule has 5 heteroatoms. The molecule has 0 atom stereocenters. The van der Waals surface area contributed by atoms with Crippen molar-refractivity contribution in [3.8, 4) is 0 Å². The predicted octanol–water partition coefficient (Wildman–Crippen LogP) is 2.09. The number of unbranched alkanes of at least 4 members (excludes halogenated alkanes) is 2. The van der Waals surface area contributed by atoms with Crippen LogP contribution in [0.5, 0.6) is 0 Å². The molecule has 0 aliphatic heterocycles. The summed E-state index contributed by atoms with van der Waals surface area (Å²) in [6, 6.07) is 6.68. The molecule has 0 radical (unpaired) electrons. The first-order valence-electron chi connectivity index (χ1n) is 6.17. The van der Waals surface area contributed by atoms with Gasteiger partial charge in [0.2, 0.25) is 0 Å². The molecule has 4 nitrogen and oxygen atoms in total. The molecule has 0 fully saturated rings. The zero-order valence-corrected chi connectivity index (χ0v) is 11.8. The van der Waals surface area contributed by atoms with E-state index in [0.717, 1.165) is 31.4 Å². The maximum Gasteiger partial charge on any atom is 0.296 e. The average molecular weight is 271 g/mol. The number of hydrogen-bond acceptors (Lipinski definition) is 4. The number of aryl methyl sites for hydroxylation is 1. The summed E-state index contributed by atoms with van der Waals surface area (Å²) >= 11 is 0. The van der Waals surface area contributed by atoms with Gasteiger partial charge in [-0.2, -0.15) is 8.42 Å². The zero-order valence-electron chi connectivity index (χ0n) is 11.0. The Hall–Kier alpha value is -0.910. The van der Waals surface area contributed by atoms with Gasteiger partial charge in [-0.25, -0.2) is 0 Å². The SMILES string of the molecule is CNCCCCCOS(=O)(=O)c1ccc(C)cc1. The highest BCUT2D eigenvalue weighted by molar-refractivity contribution is 7.86. The zero-order chi connectivity index (χ0) is 13.4. The number of rotatable bonds is 8. The van der Waals surface area contributed by atoms with Gasteiger partial charge in [0.15, 0.2) is 0 Å². The van der Waals surface area contributed by atoms with Crippen molar-refractivity contribution in [1.82, 2.24) is 5.32 Å². The molecule has 0 heterocycles. The van der Waals surface area contributed by atoms with Crippen LogP contribution in [0, 0.1) is 6.92 Å². The quantitative estimate of drug-likeness (QED) is 0.581. The van der Waals surface area contributed by atoms with Gasteiger partial charge < -0.3 is 5.32 Å². The van der Waals surface area contributed by atoms with E-state index in [2.05, 4.69) is 5.32 Å². The highest BCUT2D eigenvalue weighted by Crippen LogP contribution is 2.13. The maximum absolute atomic E-state index is 11.8. The van der Waals surface area contributed by atoms with Gasteiger partial charge in [0.1, 0.15) is 0 Å². The Kier molecular flexibility index (Phi) is 6.32. The van der Waals surface area contributed by atoms with Crippen molar-refractivity contribution < 1.29 is 12.6 Å². The van der Waals surface area contributed by atoms with Crippen LogP contribution in [-0.4, -0.2) is 28.6 Å². The van der Waals surface area contributed by atoms with Crippen LogP contribution < -0.4 is 5.32 Å². The summed E-state index contributed by atoms with van der Waals surface area (Å²) in [6.45, 7) is 3.11. The Morgan fingerprint density at radius 3 is 2.39 bits per heavy atom. The summed E-state index contributed by atoms with van der Waals surface area (Å²) in [7, 11) is -1.68. The van der Waals surface area contributed by atoms with E-state index in [9.17, 15) is 8.42 Å². The first-order valence-corrected chi connectivity index (χ1v) is 7.58. The Morgan fingerprint density at radius 1 is 1.11 bits per heavy atom. The number of hydrogen-bond donors (Lipinski definition) is 1. The van der Waals surface area contributed by atoms with Gasteiger partial charge in [-0.15, -0.1) is 0 Å². The van der Waals surface area contributed by atoms with Crippen molar-refractivity contribution >= 4 is 10.1 Å². The summed E-state index contributed by atoms with van der Waals surface area (Å²) in [6.07, 6.45) is 2.75. The Morgan fingerprint density at radius 2 is 1.78 bits per heavy atom. The third kappa shape index (κ3) is 5.16. The topological polar surface area (TPSA) is 55.4 Å².